The summed E-state index contributed by atoms with van der Waals surface area (Å²) < 4.78 is 26.6. The molecule has 29 heavy (non-hydrogen) atoms. The van der Waals surface area contributed by atoms with Gasteiger partial charge in [0.1, 0.15) is 0 Å². The number of nitrogens with one attached hydrogen (secondary N) is 1. The monoisotopic (exact) mass is 437 g/mol. The van der Waals surface area contributed by atoms with Gasteiger partial charge in [0, 0.05) is 39.3 Å². The Labute approximate surface area is 179 Å². The van der Waals surface area contributed by atoms with E-state index in [1.165, 1.54) is 9.87 Å². The van der Waals surface area contributed by atoms with Gasteiger partial charge in [-0.1, -0.05) is 60.7 Å². The first-order valence-corrected chi connectivity index (χ1v) is 11.2. The number of benzene rings is 2. The number of hydrogen-bond donors (Lipinski definition) is 1. The number of sulfonamides is 1. The van der Waals surface area contributed by atoms with Crippen LogP contribution >= 0.6 is 12.4 Å². The number of carbonyl (C=O) groups excluding carboxylic acids is 1. The quantitative estimate of drug-likeness (QED) is 0.685. The number of piperazine rings is 1. The lowest BCUT2D eigenvalue weighted by atomic mass is 10.1. The van der Waals surface area contributed by atoms with Crippen LogP contribution in [-0.2, 0) is 27.8 Å². The number of amides is 1. The Morgan fingerprint density at radius 2 is 1.41 bits per heavy atom. The average Bonchev–Trinajstić information content (AvgIpc) is 2.70. The van der Waals surface area contributed by atoms with Crippen LogP contribution in [0.1, 0.15) is 11.1 Å². The van der Waals surface area contributed by atoms with E-state index in [1.54, 1.807) is 0 Å². The molecule has 1 saturated heterocycles. The van der Waals surface area contributed by atoms with Gasteiger partial charge >= 0.3 is 0 Å². The summed E-state index contributed by atoms with van der Waals surface area (Å²) in [6, 6.07) is 19.6. The predicted octanol–water partition coefficient (Wildman–Crippen LogP) is 1.91. The summed E-state index contributed by atoms with van der Waals surface area (Å²) in [6.07, 6.45) is 0.263. The van der Waals surface area contributed by atoms with Crippen LogP contribution in [0, 0.1) is 0 Å². The molecular weight excluding hydrogens is 410 g/mol. The number of carbonyl (C=O) groups is 1. The SMILES string of the molecule is Cl.O=C(Cc1ccccc1)NCCS(=O)(=O)N1CCN(Cc2ccccc2)CC1. The molecule has 6 nitrogen and oxygen atoms in total. The lowest BCUT2D eigenvalue weighted by molar-refractivity contribution is -0.120. The van der Waals surface area contributed by atoms with Crippen molar-refractivity contribution in [2.24, 2.45) is 0 Å². The van der Waals surface area contributed by atoms with Gasteiger partial charge in [0.2, 0.25) is 15.9 Å². The van der Waals surface area contributed by atoms with E-state index in [4.69, 9.17) is 0 Å². The van der Waals surface area contributed by atoms with Crippen LogP contribution in [0.2, 0.25) is 0 Å². The maximum atomic E-state index is 12.5. The van der Waals surface area contributed by atoms with Crippen LogP contribution in [0.15, 0.2) is 60.7 Å². The van der Waals surface area contributed by atoms with Gasteiger partial charge in [-0.25, -0.2) is 8.42 Å². The third-order valence-electron chi connectivity index (χ3n) is 4.86. The molecule has 0 unspecified atom stereocenters. The Balaban J connectivity index is 0.00000300. The topological polar surface area (TPSA) is 69.7 Å². The van der Waals surface area contributed by atoms with Crippen molar-refractivity contribution in [1.29, 1.82) is 0 Å². The summed E-state index contributed by atoms with van der Waals surface area (Å²) in [7, 11) is -3.36. The Kier molecular flexibility index (Phi) is 9.10. The molecule has 0 saturated carbocycles. The van der Waals surface area contributed by atoms with Gasteiger partial charge in [0.25, 0.3) is 0 Å². The van der Waals surface area contributed by atoms with E-state index >= 15 is 0 Å². The van der Waals surface area contributed by atoms with Crippen LogP contribution < -0.4 is 5.32 Å². The zero-order chi connectivity index (χ0) is 19.8. The standard InChI is InChI=1S/C21H27N3O3S.ClH/c25-21(17-19-7-3-1-4-8-19)22-11-16-28(26,27)24-14-12-23(13-15-24)18-20-9-5-2-6-10-20;/h1-10H,11-18H2,(H,22,25);1H. The fourth-order valence-electron chi connectivity index (χ4n) is 3.30. The van der Waals surface area contributed by atoms with Crippen molar-refractivity contribution in [3.63, 3.8) is 0 Å². The fraction of sp³-hybridized carbons (Fsp3) is 0.381. The predicted molar refractivity (Wildman–Crippen MR) is 117 cm³/mol. The van der Waals surface area contributed by atoms with Gasteiger partial charge in [0.05, 0.1) is 12.2 Å². The lowest BCUT2D eigenvalue weighted by Crippen LogP contribution is -2.49. The van der Waals surface area contributed by atoms with Crippen LogP contribution in [0.25, 0.3) is 0 Å². The zero-order valence-electron chi connectivity index (χ0n) is 16.4. The maximum Gasteiger partial charge on any atom is 0.224 e. The minimum Gasteiger partial charge on any atom is -0.355 e. The molecule has 0 aromatic heterocycles. The fourth-order valence-corrected chi connectivity index (χ4v) is 4.64. The van der Waals surface area contributed by atoms with Crippen LogP contribution in [-0.4, -0.2) is 62.0 Å². The molecule has 1 aliphatic heterocycles. The molecule has 1 fully saturated rings. The number of nitrogens with zero attached hydrogens (tertiary/aromatic N) is 2. The van der Waals surface area contributed by atoms with Crippen molar-refractivity contribution in [2.75, 3.05) is 38.5 Å². The van der Waals surface area contributed by atoms with Gasteiger partial charge < -0.3 is 5.32 Å². The third kappa shape index (κ3) is 7.44. The van der Waals surface area contributed by atoms with Gasteiger partial charge in [-0.15, -0.1) is 12.4 Å². The van der Waals surface area contributed by atoms with Crippen molar-refractivity contribution in [3.05, 3.63) is 71.8 Å². The molecular formula is C21H28ClN3O3S. The normalized spacial score (nSPS) is 15.4. The number of rotatable bonds is 8. The minimum atomic E-state index is -3.36. The van der Waals surface area contributed by atoms with Crippen molar-refractivity contribution < 1.29 is 13.2 Å². The zero-order valence-corrected chi connectivity index (χ0v) is 18.0. The first-order valence-electron chi connectivity index (χ1n) is 9.58. The summed E-state index contributed by atoms with van der Waals surface area (Å²) in [4.78, 5) is 14.2. The molecule has 0 radical (unpaired) electrons. The molecule has 0 atom stereocenters. The highest BCUT2D eigenvalue weighted by Gasteiger charge is 2.26. The van der Waals surface area contributed by atoms with E-state index < -0.39 is 10.0 Å². The van der Waals surface area contributed by atoms with Crippen LogP contribution in [0.5, 0.6) is 0 Å². The molecule has 1 aliphatic rings. The summed E-state index contributed by atoms with van der Waals surface area (Å²) in [5.41, 5.74) is 2.15. The molecule has 0 aliphatic carbocycles. The second kappa shape index (κ2) is 11.3. The van der Waals surface area contributed by atoms with E-state index in [0.29, 0.717) is 26.2 Å². The minimum absolute atomic E-state index is 0. The number of halogens is 1. The lowest BCUT2D eigenvalue weighted by Gasteiger charge is -2.34. The van der Waals surface area contributed by atoms with Crippen molar-refractivity contribution in [2.45, 2.75) is 13.0 Å². The Morgan fingerprint density at radius 1 is 0.862 bits per heavy atom. The smallest absolute Gasteiger partial charge is 0.224 e. The van der Waals surface area contributed by atoms with Crippen molar-refractivity contribution >= 4 is 28.3 Å². The molecule has 1 amide bonds. The molecule has 0 spiro atoms. The maximum absolute atomic E-state index is 12.5. The first kappa shape index (κ1) is 23.3. The summed E-state index contributed by atoms with van der Waals surface area (Å²) in [5, 5.41) is 2.71. The van der Waals surface area contributed by atoms with E-state index in [-0.39, 0.29) is 37.0 Å². The van der Waals surface area contributed by atoms with Gasteiger partial charge in [-0.05, 0) is 11.1 Å². The Hall–Kier alpha value is -1.93. The van der Waals surface area contributed by atoms with Crippen LogP contribution in [0.3, 0.4) is 0 Å². The second-order valence-electron chi connectivity index (χ2n) is 6.99. The van der Waals surface area contributed by atoms with Gasteiger partial charge in [0.15, 0.2) is 0 Å². The highest BCUT2D eigenvalue weighted by molar-refractivity contribution is 7.89. The van der Waals surface area contributed by atoms with Gasteiger partial charge in [-0.3, -0.25) is 9.69 Å². The highest BCUT2D eigenvalue weighted by Crippen LogP contribution is 2.11. The molecule has 0 bridgehead atoms. The molecule has 2 aromatic rings. The number of hydrogen-bond acceptors (Lipinski definition) is 4. The highest BCUT2D eigenvalue weighted by atomic mass is 35.5. The summed E-state index contributed by atoms with van der Waals surface area (Å²) in [6.45, 7) is 3.39. The molecule has 8 heteroatoms. The first-order chi connectivity index (χ1) is 13.5. The van der Waals surface area contributed by atoms with Gasteiger partial charge in [-0.2, -0.15) is 4.31 Å². The Bertz CT molecular complexity index is 855. The molecule has 3 rings (SSSR count). The molecule has 158 valence electrons. The second-order valence-corrected chi connectivity index (χ2v) is 9.08. The van der Waals surface area contributed by atoms with Crippen molar-refractivity contribution in [1.82, 2.24) is 14.5 Å². The summed E-state index contributed by atoms with van der Waals surface area (Å²) >= 11 is 0. The summed E-state index contributed by atoms with van der Waals surface area (Å²) in [5.74, 6) is -0.222. The Morgan fingerprint density at radius 3 is 2.00 bits per heavy atom. The van der Waals surface area contributed by atoms with Crippen LogP contribution in [0.4, 0.5) is 0 Å². The molecule has 1 N–H and O–H groups in total. The van der Waals surface area contributed by atoms with E-state index in [2.05, 4.69) is 22.3 Å². The third-order valence-corrected chi connectivity index (χ3v) is 6.74. The van der Waals surface area contributed by atoms with Crippen molar-refractivity contribution in [3.8, 4) is 0 Å². The molecule has 1 heterocycles. The van der Waals surface area contributed by atoms with E-state index in [1.807, 2.05) is 48.5 Å². The van der Waals surface area contributed by atoms with E-state index in [9.17, 15) is 13.2 Å². The average molecular weight is 438 g/mol. The van der Waals surface area contributed by atoms with E-state index in [0.717, 1.165) is 12.1 Å². The molecule has 2 aromatic carbocycles. The largest absolute Gasteiger partial charge is 0.355 e.